The maximum Gasteiger partial charge on any atom is 0.274 e. The quantitative estimate of drug-likeness (QED) is 0.677. The lowest BCUT2D eigenvalue weighted by atomic mass is 10.2. The highest BCUT2D eigenvalue weighted by molar-refractivity contribution is 5.52. The predicted octanol–water partition coefficient (Wildman–Crippen LogP) is 3.30. The number of nitrogens with one attached hydrogen (secondary N) is 1. The first-order valence-corrected chi connectivity index (χ1v) is 5.68. The molecule has 1 N–H and O–H groups in total. The van der Waals surface area contributed by atoms with Crippen LogP contribution in [0.5, 0.6) is 0 Å². The van der Waals surface area contributed by atoms with Gasteiger partial charge in [-0.05, 0) is 25.1 Å². The topological polar surface area (TPSA) is 68.1 Å². The summed E-state index contributed by atoms with van der Waals surface area (Å²) >= 11 is 0. The Kier molecular flexibility index (Phi) is 3.70. The number of hydrogen-bond donors (Lipinski definition) is 1. The summed E-state index contributed by atoms with van der Waals surface area (Å²) in [4.78, 5) is 14.2. The SMILES string of the molecule is CC(Nc1cc(F)cc([N+](=O)[O-])c1)c1ccccn1. The van der Waals surface area contributed by atoms with Crippen LogP contribution in [0, 0.1) is 15.9 Å². The Morgan fingerprint density at radius 2 is 2.16 bits per heavy atom. The van der Waals surface area contributed by atoms with E-state index in [9.17, 15) is 14.5 Å². The lowest BCUT2D eigenvalue weighted by molar-refractivity contribution is -0.385. The van der Waals surface area contributed by atoms with Crippen molar-refractivity contribution in [3.63, 3.8) is 0 Å². The Labute approximate surface area is 109 Å². The van der Waals surface area contributed by atoms with Crippen LogP contribution < -0.4 is 5.32 Å². The Balaban J connectivity index is 2.21. The highest BCUT2D eigenvalue weighted by Crippen LogP contribution is 2.23. The highest BCUT2D eigenvalue weighted by Gasteiger charge is 2.12. The van der Waals surface area contributed by atoms with Gasteiger partial charge in [0, 0.05) is 18.0 Å². The average Bonchev–Trinajstić information content (AvgIpc) is 2.39. The van der Waals surface area contributed by atoms with Gasteiger partial charge in [0.1, 0.15) is 5.82 Å². The first-order valence-electron chi connectivity index (χ1n) is 5.68. The van der Waals surface area contributed by atoms with E-state index in [0.29, 0.717) is 5.69 Å². The molecule has 1 heterocycles. The second-order valence-corrected chi connectivity index (χ2v) is 4.08. The minimum atomic E-state index is -0.648. The van der Waals surface area contributed by atoms with E-state index in [4.69, 9.17) is 0 Å². The number of nitro benzene ring substituents is 1. The van der Waals surface area contributed by atoms with Gasteiger partial charge in [-0.25, -0.2) is 4.39 Å². The van der Waals surface area contributed by atoms with Gasteiger partial charge < -0.3 is 5.32 Å². The lowest BCUT2D eigenvalue weighted by Gasteiger charge is -2.14. The highest BCUT2D eigenvalue weighted by atomic mass is 19.1. The number of benzene rings is 1. The van der Waals surface area contributed by atoms with Gasteiger partial charge in [0.25, 0.3) is 5.69 Å². The minimum Gasteiger partial charge on any atom is -0.377 e. The molecule has 2 aromatic rings. The van der Waals surface area contributed by atoms with Crippen molar-refractivity contribution in [2.75, 3.05) is 5.32 Å². The molecule has 0 spiro atoms. The fourth-order valence-corrected chi connectivity index (χ4v) is 1.72. The number of anilines is 1. The number of non-ortho nitro benzene ring substituents is 1. The number of nitrogens with zero attached hydrogens (tertiary/aromatic N) is 2. The third-order valence-corrected chi connectivity index (χ3v) is 2.61. The van der Waals surface area contributed by atoms with Crippen LogP contribution in [0.3, 0.4) is 0 Å². The van der Waals surface area contributed by atoms with E-state index in [1.807, 2.05) is 19.1 Å². The van der Waals surface area contributed by atoms with Crippen molar-refractivity contribution in [3.8, 4) is 0 Å². The maximum atomic E-state index is 13.3. The number of pyridine rings is 1. The molecular formula is C13H12FN3O2. The molecule has 19 heavy (non-hydrogen) atoms. The number of aromatic nitrogens is 1. The van der Waals surface area contributed by atoms with Crippen molar-refractivity contribution in [1.82, 2.24) is 4.98 Å². The molecule has 0 aliphatic heterocycles. The number of hydrogen-bond acceptors (Lipinski definition) is 4. The third-order valence-electron chi connectivity index (χ3n) is 2.61. The van der Waals surface area contributed by atoms with E-state index in [0.717, 1.165) is 11.8 Å². The molecule has 1 atom stereocenters. The van der Waals surface area contributed by atoms with Crippen LogP contribution in [-0.2, 0) is 0 Å². The van der Waals surface area contributed by atoms with Crippen molar-refractivity contribution in [2.24, 2.45) is 0 Å². The van der Waals surface area contributed by atoms with Gasteiger partial charge in [-0.15, -0.1) is 0 Å². The van der Waals surface area contributed by atoms with Gasteiger partial charge in [-0.2, -0.15) is 0 Å². The van der Waals surface area contributed by atoms with Crippen LogP contribution in [0.1, 0.15) is 18.7 Å². The second kappa shape index (κ2) is 5.43. The summed E-state index contributed by atoms with van der Waals surface area (Å²) < 4.78 is 13.3. The monoisotopic (exact) mass is 261 g/mol. The minimum absolute atomic E-state index is 0.178. The van der Waals surface area contributed by atoms with Crippen LogP contribution in [0.15, 0.2) is 42.6 Å². The molecular weight excluding hydrogens is 249 g/mol. The van der Waals surface area contributed by atoms with Crippen molar-refractivity contribution < 1.29 is 9.31 Å². The molecule has 0 radical (unpaired) electrons. The Morgan fingerprint density at radius 1 is 1.37 bits per heavy atom. The van der Waals surface area contributed by atoms with Gasteiger partial charge in [0.2, 0.25) is 0 Å². The zero-order valence-corrected chi connectivity index (χ0v) is 10.2. The summed E-state index contributed by atoms with van der Waals surface area (Å²) in [5.74, 6) is -0.648. The fraction of sp³-hybridized carbons (Fsp3) is 0.154. The van der Waals surface area contributed by atoms with Gasteiger partial charge in [0.05, 0.1) is 22.7 Å². The predicted molar refractivity (Wildman–Crippen MR) is 69.3 cm³/mol. The van der Waals surface area contributed by atoms with Crippen LogP contribution in [0.2, 0.25) is 0 Å². The molecule has 1 unspecified atom stereocenters. The Morgan fingerprint density at radius 3 is 2.79 bits per heavy atom. The van der Waals surface area contributed by atoms with E-state index in [1.54, 1.807) is 12.3 Å². The van der Waals surface area contributed by atoms with Gasteiger partial charge >= 0.3 is 0 Å². The van der Waals surface area contributed by atoms with Crippen LogP contribution in [0.25, 0.3) is 0 Å². The van der Waals surface area contributed by atoms with Gasteiger partial charge in [-0.3, -0.25) is 15.1 Å². The second-order valence-electron chi connectivity index (χ2n) is 4.08. The van der Waals surface area contributed by atoms with E-state index in [2.05, 4.69) is 10.3 Å². The first kappa shape index (κ1) is 12.9. The van der Waals surface area contributed by atoms with E-state index in [-0.39, 0.29) is 11.7 Å². The number of rotatable bonds is 4. The number of nitro groups is 1. The molecule has 2 rings (SSSR count). The molecule has 0 fully saturated rings. The zero-order chi connectivity index (χ0) is 13.8. The molecule has 1 aromatic heterocycles. The van der Waals surface area contributed by atoms with Gasteiger partial charge in [0.15, 0.2) is 0 Å². The summed E-state index contributed by atoms with van der Waals surface area (Å²) in [6, 6.07) is 8.68. The molecule has 1 aromatic carbocycles. The summed E-state index contributed by atoms with van der Waals surface area (Å²) in [7, 11) is 0. The van der Waals surface area contributed by atoms with Crippen molar-refractivity contribution >= 4 is 11.4 Å². The molecule has 98 valence electrons. The van der Waals surface area contributed by atoms with Crippen LogP contribution >= 0.6 is 0 Å². The fourth-order valence-electron chi connectivity index (χ4n) is 1.72. The summed E-state index contributed by atoms with van der Waals surface area (Å²) in [5, 5.41) is 13.6. The van der Waals surface area contributed by atoms with E-state index in [1.165, 1.54) is 12.1 Å². The summed E-state index contributed by atoms with van der Waals surface area (Å²) in [6.07, 6.45) is 1.65. The van der Waals surface area contributed by atoms with Crippen LogP contribution in [0.4, 0.5) is 15.8 Å². The number of halogens is 1. The van der Waals surface area contributed by atoms with E-state index < -0.39 is 10.7 Å². The first-order chi connectivity index (χ1) is 9.06. The molecule has 0 amide bonds. The third kappa shape index (κ3) is 3.25. The average molecular weight is 261 g/mol. The maximum absolute atomic E-state index is 13.3. The van der Waals surface area contributed by atoms with Crippen molar-refractivity contribution in [2.45, 2.75) is 13.0 Å². The molecule has 0 saturated carbocycles. The molecule has 0 saturated heterocycles. The largest absolute Gasteiger partial charge is 0.377 e. The van der Waals surface area contributed by atoms with Crippen LogP contribution in [-0.4, -0.2) is 9.91 Å². The summed E-state index contributed by atoms with van der Waals surface area (Å²) in [5.41, 5.74) is 0.843. The Hall–Kier alpha value is -2.50. The lowest BCUT2D eigenvalue weighted by Crippen LogP contribution is -2.08. The van der Waals surface area contributed by atoms with E-state index >= 15 is 0 Å². The van der Waals surface area contributed by atoms with Gasteiger partial charge in [-0.1, -0.05) is 6.07 Å². The smallest absolute Gasteiger partial charge is 0.274 e. The normalized spacial score (nSPS) is 11.9. The zero-order valence-electron chi connectivity index (χ0n) is 10.2. The van der Waals surface area contributed by atoms with Crippen molar-refractivity contribution in [1.29, 1.82) is 0 Å². The molecule has 6 heteroatoms. The standard InChI is InChI=1S/C13H12FN3O2/c1-9(13-4-2-3-5-15-13)16-11-6-10(14)7-12(8-11)17(18)19/h2-9,16H,1H3. The molecule has 0 aliphatic rings. The molecule has 0 aliphatic carbocycles. The Bertz CT molecular complexity index is 590. The summed E-state index contributed by atoms with van der Waals surface area (Å²) in [6.45, 7) is 1.85. The molecule has 5 nitrogen and oxygen atoms in total. The molecule has 0 bridgehead atoms. The van der Waals surface area contributed by atoms with Crippen molar-refractivity contribution in [3.05, 3.63) is 64.2 Å².